The molecule has 136 valence electrons. The molecule has 0 atom stereocenters. The van der Waals surface area contributed by atoms with E-state index in [0.29, 0.717) is 19.5 Å². The van der Waals surface area contributed by atoms with Gasteiger partial charge in [-0.25, -0.2) is 21.1 Å². The molecule has 1 amide bonds. The zero-order valence-corrected chi connectivity index (χ0v) is 16.1. The van der Waals surface area contributed by atoms with E-state index in [1.54, 1.807) is 6.92 Å². The molecule has 10 heteroatoms. The summed E-state index contributed by atoms with van der Waals surface area (Å²) in [7, 11) is -6.79. The Hall–Kier alpha value is -1.16. The van der Waals surface area contributed by atoms with E-state index in [0.717, 1.165) is 12.5 Å². The molecule has 0 saturated carbocycles. The lowest BCUT2D eigenvalue weighted by Gasteiger charge is -2.17. The number of amides is 1. The molecule has 0 spiro atoms. The molecule has 0 unspecified atom stereocenters. The van der Waals surface area contributed by atoms with Gasteiger partial charge in [0.15, 0.2) is 9.84 Å². The number of sulfonamides is 1. The van der Waals surface area contributed by atoms with Crippen LogP contribution in [0, 0.1) is 0 Å². The van der Waals surface area contributed by atoms with Crippen LogP contribution in [0.1, 0.15) is 23.7 Å². The molecule has 0 saturated heterocycles. The molecule has 0 aliphatic rings. The number of nitrogens with one attached hydrogen (secondary N) is 1. The van der Waals surface area contributed by atoms with E-state index in [-0.39, 0.29) is 22.0 Å². The average Bonchev–Trinajstić information content (AvgIpc) is 2.44. The third-order valence-electron chi connectivity index (χ3n) is 3.28. The van der Waals surface area contributed by atoms with E-state index in [1.807, 2.05) is 0 Å². The van der Waals surface area contributed by atoms with Crippen molar-refractivity contribution >= 4 is 37.4 Å². The number of nitrogens with zero attached hydrogens (tertiary/aromatic N) is 1. The molecule has 24 heavy (non-hydrogen) atoms. The second-order valence-corrected chi connectivity index (χ2v) is 9.66. The van der Waals surface area contributed by atoms with Crippen molar-refractivity contribution in [2.24, 2.45) is 0 Å². The van der Waals surface area contributed by atoms with E-state index in [4.69, 9.17) is 11.6 Å². The van der Waals surface area contributed by atoms with Crippen LogP contribution in [0.4, 0.5) is 0 Å². The minimum Gasteiger partial charge on any atom is -0.352 e. The Bertz CT molecular complexity index is 806. The van der Waals surface area contributed by atoms with Gasteiger partial charge in [0.1, 0.15) is 0 Å². The minimum atomic E-state index is -3.53. The van der Waals surface area contributed by atoms with Crippen LogP contribution in [-0.4, -0.2) is 59.2 Å². The SMILES string of the molecule is CCN(CCCNC(=O)c1ccc(Cl)c(S(C)(=O)=O)c1)S(C)(=O)=O. The van der Waals surface area contributed by atoms with Crippen LogP contribution in [0.25, 0.3) is 0 Å². The number of carbonyl (C=O) groups excluding carboxylic acids is 1. The van der Waals surface area contributed by atoms with Crippen LogP contribution in [-0.2, 0) is 19.9 Å². The molecule has 1 aromatic carbocycles. The summed E-state index contributed by atoms with van der Waals surface area (Å²) in [6.45, 7) is 2.66. The molecule has 0 aromatic heterocycles. The number of rotatable bonds is 8. The van der Waals surface area contributed by atoms with E-state index >= 15 is 0 Å². The summed E-state index contributed by atoms with van der Waals surface area (Å²) in [6.07, 6.45) is 2.59. The van der Waals surface area contributed by atoms with Crippen LogP contribution in [0.2, 0.25) is 5.02 Å². The number of hydrogen-bond acceptors (Lipinski definition) is 5. The van der Waals surface area contributed by atoms with E-state index in [1.165, 1.54) is 22.5 Å². The average molecular weight is 397 g/mol. The summed E-state index contributed by atoms with van der Waals surface area (Å²) in [5, 5.41) is 2.69. The second kappa shape index (κ2) is 8.28. The highest BCUT2D eigenvalue weighted by atomic mass is 35.5. The lowest BCUT2D eigenvalue weighted by atomic mass is 10.2. The molecule has 1 rings (SSSR count). The van der Waals surface area contributed by atoms with Crippen molar-refractivity contribution in [2.45, 2.75) is 18.2 Å². The molecule has 0 fully saturated rings. The summed E-state index contributed by atoms with van der Waals surface area (Å²) in [5.41, 5.74) is 0.176. The number of halogens is 1. The Labute approximate surface area is 148 Å². The number of sulfone groups is 1. The fraction of sp³-hybridized carbons (Fsp3) is 0.500. The quantitative estimate of drug-likeness (QED) is 0.664. The second-order valence-electron chi connectivity index (χ2n) is 5.28. The first-order valence-electron chi connectivity index (χ1n) is 7.19. The summed E-state index contributed by atoms with van der Waals surface area (Å²) < 4.78 is 47.4. The van der Waals surface area contributed by atoms with Crippen molar-refractivity contribution in [1.82, 2.24) is 9.62 Å². The topological polar surface area (TPSA) is 101 Å². The zero-order valence-electron chi connectivity index (χ0n) is 13.7. The molecule has 7 nitrogen and oxygen atoms in total. The highest BCUT2D eigenvalue weighted by Gasteiger charge is 2.16. The molecule has 0 aliphatic heterocycles. The Morgan fingerprint density at radius 1 is 1.21 bits per heavy atom. The molecular formula is C14H21ClN2O5S2. The molecular weight excluding hydrogens is 376 g/mol. The third-order valence-corrected chi connectivity index (χ3v) is 6.24. The van der Waals surface area contributed by atoms with Crippen LogP contribution in [0.3, 0.4) is 0 Å². The normalized spacial score (nSPS) is 12.4. The van der Waals surface area contributed by atoms with Gasteiger partial charge in [-0.2, -0.15) is 0 Å². The maximum Gasteiger partial charge on any atom is 0.251 e. The Morgan fingerprint density at radius 3 is 2.33 bits per heavy atom. The lowest BCUT2D eigenvalue weighted by Crippen LogP contribution is -2.33. The van der Waals surface area contributed by atoms with Gasteiger partial charge in [0.2, 0.25) is 10.0 Å². The molecule has 0 bridgehead atoms. The molecule has 0 heterocycles. The molecule has 0 radical (unpaired) electrons. The van der Waals surface area contributed by atoms with Crippen molar-refractivity contribution in [3.8, 4) is 0 Å². The number of benzene rings is 1. The first-order chi connectivity index (χ1) is 11.0. The van der Waals surface area contributed by atoms with E-state index in [2.05, 4.69) is 5.32 Å². The predicted octanol–water partition coefficient (Wildman–Crippen LogP) is 1.14. The van der Waals surface area contributed by atoms with Gasteiger partial charge in [-0.3, -0.25) is 4.79 Å². The maximum absolute atomic E-state index is 12.1. The highest BCUT2D eigenvalue weighted by Crippen LogP contribution is 2.22. The zero-order chi connectivity index (χ0) is 18.5. The minimum absolute atomic E-state index is 0.0563. The monoisotopic (exact) mass is 396 g/mol. The van der Waals surface area contributed by atoms with Crippen LogP contribution >= 0.6 is 11.6 Å². The van der Waals surface area contributed by atoms with Gasteiger partial charge in [-0.05, 0) is 24.6 Å². The fourth-order valence-electron chi connectivity index (χ4n) is 2.05. The van der Waals surface area contributed by atoms with Crippen molar-refractivity contribution in [3.63, 3.8) is 0 Å². The lowest BCUT2D eigenvalue weighted by molar-refractivity contribution is 0.0952. The fourth-order valence-corrected chi connectivity index (χ4v) is 4.28. The van der Waals surface area contributed by atoms with Crippen LogP contribution < -0.4 is 5.32 Å². The molecule has 0 aliphatic carbocycles. The first kappa shape index (κ1) is 20.9. The van der Waals surface area contributed by atoms with Gasteiger partial charge in [-0.1, -0.05) is 18.5 Å². The van der Waals surface area contributed by atoms with Gasteiger partial charge >= 0.3 is 0 Å². The van der Waals surface area contributed by atoms with Crippen molar-refractivity contribution in [1.29, 1.82) is 0 Å². The van der Waals surface area contributed by atoms with E-state index < -0.39 is 25.8 Å². The smallest absolute Gasteiger partial charge is 0.251 e. The maximum atomic E-state index is 12.1. The Morgan fingerprint density at radius 2 is 1.83 bits per heavy atom. The van der Waals surface area contributed by atoms with Gasteiger partial charge in [0.05, 0.1) is 16.2 Å². The third kappa shape index (κ3) is 6.04. The largest absolute Gasteiger partial charge is 0.352 e. The van der Waals surface area contributed by atoms with Gasteiger partial charge in [0, 0.05) is 31.5 Å². The standard InChI is InChI=1S/C14H21ClN2O5S2/c1-4-17(24(3,21)22)9-5-8-16-14(18)11-6-7-12(15)13(10-11)23(2,19)20/h6-7,10H,4-5,8-9H2,1-3H3,(H,16,18). The van der Waals surface area contributed by atoms with Crippen molar-refractivity contribution < 1.29 is 21.6 Å². The van der Waals surface area contributed by atoms with E-state index in [9.17, 15) is 21.6 Å². The Kier molecular flexibility index (Phi) is 7.21. The Balaban J connectivity index is 2.67. The summed E-state index contributed by atoms with van der Waals surface area (Å²) >= 11 is 5.83. The summed E-state index contributed by atoms with van der Waals surface area (Å²) in [4.78, 5) is 12.0. The van der Waals surface area contributed by atoms with Crippen LogP contribution in [0.5, 0.6) is 0 Å². The number of hydrogen-bond donors (Lipinski definition) is 1. The summed E-state index contributed by atoms with van der Waals surface area (Å²) in [5.74, 6) is -0.445. The first-order valence-corrected chi connectivity index (χ1v) is 11.3. The summed E-state index contributed by atoms with van der Waals surface area (Å²) in [6, 6.07) is 4.01. The highest BCUT2D eigenvalue weighted by molar-refractivity contribution is 7.90. The van der Waals surface area contributed by atoms with Crippen molar-refractivity contribution in [3.05, 3.63) is 28.8 Å². The molecule has 1 aromatic rings. The number of carbonyl (C=O) groups is 1. The molecule has 1 N–H and O–H groups in total. The van der Waals surface area contributed by atoms with Gasteiger partial charge in [-0.15, -0.1) is 0 Å². The van der Waals surface area contributed by atoms with Crippen LogP contribution in [0.15, 0.2) is 23.1 Å². The van der Waals surface area contributed by atoms with Gasteiger partial charge < -0.3 is 5.32 Å². The predicted molar refractivity (Wildman–Crippen MR) is 93.6 cm³/mol. The van der Waals surface area contributed by atoms with Crippen molar-refractivity contribution in [2.75, 3.05) is 32.1 Å². The van der Waals surface area contributed by atoms with Gasteiger partial charge in [0.25, 0.3) is 5.91 Å².